The van der Waals surface area contributed by atoms with Gasteiger partial charge in [0, 0.05) is 34.1 Å². The molecule has 0 N–H and O–H groups in total. The number of anilines is 6. The molecule has 0 atom stereocenters. The van der Waals surface area contributed by atoms with Crippen molar-refractivity contribution in [2.24, 2.45) is 0 Å². The van der Waals surface area contributed by atoms with Gasteiger partial charge in [-0.3, -0.25) is 0 Å². The van der Waals surface area contributed by atoms with Gasteiger partial charge in [0.25, 0.3) is 0 Å². The monoisotopic (exact) mass is 956 g/mol. The van der Waals surface area contributed by atoms with Crippen LogP contribution in [0, 0.1) is 35.8 Å². The zero-order valence-electron chi connectivity index (χ0n) is 40.5. The van der Waals surface area contributed by atoms with E-state index in [0.717, 1.165) is 133 Å². The molecule has 0 spiro atoms. The smallest absolute Gasteiger partial charge is 0.248 e. The average Bonchev–Trinajstić information content (AvgIpc) is 3.67. The van der Waals surface area contributed by atoms with Crippen molar-refractivity contribution in [2.75, 3.05) is 9.80 Å². The predicted molar refractivity (Wildman–Crippen MR) is 313 cm³/mol. The van der Waals surface area contributed by atoms with Crippen LogP contribution in [-0.4, -0.2) is 13.4 Å². The summed E-state index contributed by atoms with van der Waals surface area (Å²) in [5.41, 5.74) is 23.1. The van der Waals surface area contributed by atoms with Crippen LogP contribution in [0.4, 0.5) is 45.5 Å². The van der Waals surface area contributed by atoms with Crippen molar-refractivity contribution in [3.8, 4) is 56.6 Å². The van der Waals surface area contributed by atoms with Crippen molar-refractivity contribution >= 4 is 124 Å². The average molecular weight is 957 g/mol. The standard InChI is InChI=1S/C68H34B2N6/c1-73-43-24-26-56-60(31-43)76(46-21-13-6-14-22-46)61-29-40(38-72)27-53-49-33-47(41-15-7-3-8-16-41)51-36-58-64-50(34-48(42-17-9-4-10-18-42)52-35-57(70(56)67(53)61)63(49)65(51)66(52)64)54-30-44(74-2)32-62-68(54)69(58)55-25-23-39(37-71)28-59(55)75(62)45-19-11-5-12-20-45/h3-36H. The van der Waals surface area contributed by atoms with Crippen molar-refractivity contribution in [3.05, 3.63) is 240 Å². The fourth-order valence-corrected chi connectivity index (χ4v) is 13.7. The Morgan fingerprint density at radius 2 is 0.803 bits per heavy atom. The fourth-order valence-electron chi connectivity index (χ4n) is 13.7. The van der Waals surface area contributed by atoms with Crippen molar-refractivity contribution in [2.45, 2.75) is 0 Å². The van der Waals surface area contributed by atoms with E-state index in [1.54, 1.807) is 0 Å². The second kappa shape index (κ2) is 15.4. The molecule has 12 aromatic carbocycles. The van der Waals surface area contributed by atoms with Gasteiger partial charge >= 0.3 is 0 Å². The first kappa shape index (κ1) is 41.9. The largest absolute Gasteiger partial charge is 0.313 e. The molecule has 0 aromatic heterocycles. The minimum absolute atomic E-state index is 0.252. The van der Waals surface area contributed by atoms with Gasteiger partial charge in [-0.1, -0.05) is 138 Å². The lowest BCUT2D eigenvalue weighted by Crippen LogP contribution is -2.60. The van der Waals surface area contributed by atoms with Crippen LogP contribution < -0.4 is 42.6 Å². The Hall–Kier alpha value is -10.6. The molecule has 12 aromatic rings. The van der Waals surface area contributed by atoms with Crippen LogP contribution >= 0.6 is 0 Å². The molecule has 4 heterocycles. The Morgan fingerprint density at radius 3 is 1.32 bits per heavy atom. The van der Waals surface area contributed by atoms with Gasteiger partial charge in [-0.25, -0.2) is 9.69 Å². The van der Waals surface area contributed by atoms with Gasteiger partial charge in [-0.2, -0.15) is 10.5 Å². The van der Waals surface area contributed by atoms with Crippen molar-refractivity contribution in [1.29, 1.82) is 10.5 Å². The fraction of sp³-hybridized carbons (Fsp3) is 0. The summed E-state index contributed by atoms with van der Waals surface area (Å²) in [7, 11) is 0. The second-order valence-electron chi connectivity index (χ2n) is 20.3. The Labute approximate surface area is 439 Å². The highest BCUT2D eigenvalue weighted by Gasteiger charge is 2.46. The van der Waals surface area contributed by atoms with Gasteiger partial charge in [0.1, 0.15) is 0 Å². The van der Waals surface area contributed by atoms with E-state index in [9.17, 15) is 10.5 Å². The van der Waals surface area contributed by atoms with E-state index < -0.39 is 0 Å². The first-order valence-electron chi connectivity index (χ1n) is 25.4. The molecule has 0 saturated carbocycles. The summed E-state index contributed by atoms with van der Waals surface area (Å²) < 4.78 is 0. The minimum Gasteiger partial charge on any atom is -0.313 e. The van der Waals surface area contributed by atoms with E-state index in [1.807, 2.05) is 72.8 Å². The number of hydrogen-bond donors (Lipinski definition) is 0. The number of fused-ring (bicyclic) bond motifs is 8. The first-order valence-corrected chi connectivity index (χ1v) is 25.4. The maximum absolute atomic E-state index is 11.0. The Kier molecular flexibility index (Phi) is 8.52. The van der Waals surface area contributed by atoms with Crippen LogP contribution in [-0.2, 0) is 0 Å². The Morgan fingerprint density at radius 1 is 0.355 bits per heavy atom. The highest BCUT2D eigenvalue weighted by Crippen LogP contribution is 2.53. The molecule has 0 radical (unpaired) electrons. The van der Waals surface area contributed by atoms with E-state index in [4.69, 9.17) is 13.1 Å². The molecule has 0 fully saturated rings. The molecule has 6 nitrogen and oxygen atoms in total. The topological polar surface area (TPSA) is 62.8 Å². The highest BCUT2D eigenvalue weighted by molar-refractivity contribution is 7.02. The number of nitrogens with zero attached hydrogens (tertiary/aromatic N) is 6. The van der Waals surface area contributed by atoms with E-state index in [0.29, 0.717) is 22.5 Å². The van der Waals surface area contributed by atoms with Crippen LogP contribution in [0.1, 0.15) is 11.1 Å². The van der Waals surface area contributed by atoms with Gasteiger partial charge in [0.05, 0.1) is 36.4 Å². The van der Waals surface area contributed by atoms with Gasteiger partial charge in [-0.15, -0.1) is 0 Å². The zero-order chi connectivity index (χ0) is 50.5. The van der Waals surface area contributed by atoms with E-state index in [2.05, 4.69) is 165 Å². The lowest BCUT2D eigenvalue weighted by molar-refractivity contribution is 1.29. The zero-order valence-corrected chi connectivity index (χ0v) is 40.5. The SMILES string of the molecule is [C-]#[N+]c1ccc2c(c1)N(c1ccccc1)c1cc(C#N)cc3c1B2c1cc2c(-c4ccccc4)cc4c5c(cc6c(-c7ccccc7)cc-3c1c6c25)B1c2ccc(C#N)cc2N(c2ccccc2)c2cc([N+]#[C-])cc-4c21. The molecule has 4 aliphatic rings. The third-order valence-corrected chi connectivity index (χ3v) is 16.6. The summed E-state index contributed by atoms with van der Waals surface area (Å²) in [5.74, 6) is 0. The quantitative estimate of drug-likeness (QED) is 0.100. The highest BCUT2D eigenvalue weighted by atomic mass is 15.2. The van der Waals surface area contributed by atoms with Gasteiger partial charge in [0.15, 0.2) is 11.4 Å². The number of benzene rings is 12. The van der Waals surface area contributed by atoms with Crippen molar-refractivity contribution < 1.29 is 0 Å². The van der Waals surface area contributed by atoms with Crippen molar-refractivity contribution in [1.82, 2.24) is 0 Å². The van der Waals surface area contributed by atoms with Crippen LogP contribution in [0.2, 0.25) is 0 Å². The maximum Gasteiger partial charge on any atom is 0.248 e. The number of hydrogen-bond acceptors (Lipinski definition) is 4. The molecule has 16 rings (SSSR count). The summed E-state index contributed by atoms with van der Waals surface area (Å²) in [6.45, 7) is 16.3. The molecular weight excluding hydrogens is 922 g/mol. The molecule has 0 aliphatic carbocycles. The molecule has 0 unspecified atom stereocenters. The molecule has 342 valence electrons. The number of nitriles is 2. The number of rotatable bonds is 4. The van der Waals surface area contributed by atoms with Crippen LogP contribution in [0.3, 0.4) is 0 Å². The van der Waals surface area contributed by atoms with Gasteiger partial charge < -0.3 is 9.80 Å². The second-order valence-corrected chi connectivity index (χ2v) is 20.3. The molecule has 76 heavy (non-hydrogen) atoms. The van der Waals surface area contributed by atoms with Gasteiger partial charge in [0.2, 0.25) is 13.4 Å². The summed E-state index contributed by atoms with van der Waals surface area (Å²) >= 11 is 0. The third-order valence-electron chi connectivity index (χ3n) is 16.6. The summed E-state index contributed by atoms with van der Waals surface area (Å²) in [6.07, 6.45) is 0. The number of para-hydroxylation sites is 2. The Bertz CT molecular complexity index is 4460. The van der Waals surface area contributed by atoms with E-state index in [1.165, 1.54) is 10.9 Å². The molecule has 8 heteroatoms. The first-order chi connectivity index (χ1) is 37.5. The lowest BCUT2D eigenvalue weighted by atomic mass is 9.31. The molecule has 0 amide bonds. The summed E-state index contributed by atoms with van der Waals surface area (Å²) in [6, 6.07) is 77.3. The molecule has 4 aliphatic heterocycles. The third kappa shape index (κ3) is 5.52. The minimum atomic E-state index is -0.253. The van der Waals surface area contributed by atoms with Crippen LogP contribution in [0.15, 0.2) is 206 Å². The van der Waals surface area contributed by atoms with E-state index >= 15 is 0 Å². The summed E-state index contributed by atoms with van der Waals surface area (Å²) in [5, 5.41) is 28.3. The molecule has 0 saturated heterocycles. The van der Waals surface area contributed by atoms with Crippen LogP contribution in [0.25, 0.3) is 86.5 Å². The Balaban J connectivity index is 1.13. The molecule has 0 bridgehead atoms. The normalized spacial score (nSPS) is 12.8. The van der Waals surface area contributed by atoms with Gasteiger partial charge in [-0.05, 0) is 178 Å². The maximum atomic E-state index is 11.0. The molecular formula is C68H34B2N6. The summed E-state index contributed by atoms with van der Waals surface area (Å²) in [4.78, 5) is 12.6. The lowest BCUT2D eigenvalue weighted by Gasteiger charge is -2.42. The predicted octanol–water partition coefficient (Wildman–Crippen LogP) is 13.3. The van der Waals surface area contributed by atoms with Crippen molar-refractivity contribution in [3.63, 3.8) is 0 Å². The van der Waals surface area contributed by atoms with E-state index in [-0.39, 0.29) is 13.4 Å². The van der Waals surface area contributed by atoms with Crippen LogP contribution in [0.5, 0.6) is 0 Å².